The van der Waals surface area contributed by atoms with Gasteiger partial charge in [-0.3, -0.25) is 0 Å². The fourth-order valence-corrected chi connectivity index (χ4v) is 2.08. The van der Waals surface area contributed by atoms with Crippen LogP contribution in [0.5, 0.6) is 0 Å². The molecule has 0 amide bonds. The van der Waals surface area contributed by atoms with Crippen molar-refractivity contribution in [3.8, 4) is 0 Å². The van der Waals surface area contributed by atoms with E-state index < -0.39 is 17.4 Å². The van der Waals surface area contributed by atoms with Crippen LogP contribution in [0, 0.1) is 5.92 Å². The molecule has 17 heavy (non-hydrogen) atoms. The van der Waals surface area contributed by atoms with E-state index in [-0.39, 0.29) is 6.61 Å². The smallest absolute Gasteiger partial charge is 0.330 e. The number of rotatable bonds is 5. The molecule has 1 aliphatic heterocycles. The zero-order valence-corrected chi connectivity index (χ0v) is 11.1. The first-order chi connectivity index (χ1) is 7.79. The Labute approximate surface area is 103 Å². The van der Waals surface area contributed by atoms with E-state index in [0.29, 0.717) is 12.5 Å². The molecule has 0 radical (unpaired) electrons. The molecule has 0 saturated carbocycles. The van der Waals surface area contributed by atoms with Crippen LogP contribution in [0.4, 0.5) is 0 Å². The maximum Gasteiger partial charge on any atom is 0.330 e. The fourth-order valence-electron chi connectivity index (χ4n) is 2.08. The summed E-state index contributed by atoms with van der Waals surface area (Å²) in [4.78, 5) is 11.0. The largest absolute Gasteiger partial charge is 0.459 e. The summed E-state index contributed by atoms with van der Waals surface area (Å²) in [7, 11) is 0. The molecule has 0 aliphatic carbocycles. The topological polar surface area (TPSA) is 44.8 Å². The van der Waals surface area contributed by atoms with E-state index in [2.05, 4.69) is 20.4 Å². The van der Waals surface area contributed by atoms with Crippen molar-refractivity contribution in [3.63, 3.8) is 0 Å². The molecule has 4 nitrogen and oxygen atoms in total. The first-order valence-electron chi connectivity index (χ1n) is 5.92. The van der Waals surface area contributed by atoms with Crippen LogP contribution in [-0.4, -0.2) is 30.6 Å². The standard InChI is InChI=1S/C13H22O4/c1-6-11(14)15-8-12(4)9-16-13(5,17-12)7-10(2)3/h6,10H,1,7-9H2,2-5H3. The van der Waals surface area contributed by atoms with Gasteiger partial charge in [-0.05, 0) is 19.8 Å². The summed E-state index contributed by atoms with van der Waals surface area (Å²) in [5.74, 6) is -0.533. The molecule has 1 rings (SSSR count). The highest BCUT2D eigenvalue weighted by molar-refractivity contribution is 5.81. The number of carbonyl (C=O) groups excluding carboxylic acids is 1. The third-order valence-corrected chi connectivity index (χ3v) is 2.61. The lowest BCUT2D eigenvalue weighted by atomic mass is 10.0. The van der Waals surface area contributed by atoms with E-state index in [1.165, 1.54) is 0 Å². The molecule has 0 aromatic heterocycles. The minimum absolute atomic E-state index is 0.186. The number of hydrogen-bond donors (Lipinski definition) is 0. The van der Waals surface area contributed by atoms with E-state index in [9.17, 15) is 4.79 Å². The van der Waals surface area contributed by atoms with Crippen LogP contribution in [0.2, 0.25) is 0 Å². The maximum absolute atomic E-state index is 11.0. The van der Waals surface area contributed by atoms with Crippen LogP contribution >= 0.6 is 0 Å². The van der Waals surface area contributed by atoms with Gasteiger partial charge in [-0.25, -0.2) is 4.79 Å². The van der Waals surface area contributed by atoms with Crippen molar-refractivity contribution in [3.05, 3.63) is 12.7 Å². The molecule has 98 valence electrons. The summed E-state index contributed by atoms with van der Waals surface area (Å²) >= 11 is 0. The Morgan fingerprint density at radius 2 is 2.18 bits per heavy atom. The molecule has 0 aromatic carbocycles. The van der Waals surface area contributed by atoms with Gasteiger partial charge in [0.15, 0.2) is 5.79 Å². The summed E-state index contributed by atoms with van der Waals surface area (Å²) < 4.78 is 16.6. The van der Waals surface area contributed by atoms with Gasteiger partial charge >= 0.3 is 5.97 Å². The van der Waals surface area contributed by atoms with Gasteiger partial charge in [0.05, 0.1) is 6.61 Å². The third kappa shape index (κ3) is 4.13. The molecule has 0 bridgehead atoms. The van der Waals surface area contributed by atoms with Crippen molar-refractivity contribution in [1.29, 1.82) is 0 Å². The van der Waals surface area contributed by atoms with E-state index in [1.54, 1.807) is 0 Å². The third-order valence-electron chi connectivity index (χ3n) is 2.61. The van der Waals surface area contributed by atoms with E-state index in [0.717, 1.165) is 12.5 Å². The molecule has 0 N–H and O–H groups in total. The van der Waals surface area contributed by atoms with Crippen LogP contribution in [0.1, 0.15) is 34.1 Å². The average molecular weight is 242 g/mol. The Balaban J connectivity index is 2.52. The highest BCUT2D eigenvalue weighted by Gasteiger charge is 2.45. The Bertz CT molecular complexity index is 300. The van der Waals surface area contributed by atoms with Crippen molar-refractivity contribution < 1.29 is 19.0 Å². The number of esters is 1. The molecule has 2 unspecified atom stereocenters. The normalized spacial score (nSPS) is 32.8. The lowest BCUT2D eigenvalue weighted by Crippen LogP contribution is -2.38. The summed E-state index contributed by atoms with van der Waals surface area (Å²) in [6.07, 6.45) is 1.96. The van der Waals surface area contributed by atoms with Gasteiger partial charge in [0, 0.05) is 12.5 Å². The van der Waals surface area contributed by atoms with Gasteiger partial charge in [-0.2, -0.15) is 0 Å². The SMILES string of the molecule is C=CC(=O)OCC1(C)COC(C)(CC(C)C)O1. The number of ether oxygens (including phenoxy) is 3. The highest BCUT2D eigenvalue weighted by atomic mass is 16.8. The zero-order chi connectivity index (χ0) is 13.1. The average Bonchev–Trinajstić information content (AvgIpc) is 2.51. The molecule has 1 fully saturated rings. The van der Waals surface area contributed by atoms with Crippen LogP contribution in [-0.2, 0) is 19.0 Å². The van der Waals surface area contributed by atoms with Crippen molar-refractivity contribution in [1.82, 2.24) is 0 Å². The second kappa shape index (κ2) is 5.19. The molecular formula is C13H22O4. The minimum atomic E-state index is -0.580. The highest BCUT2D eigenvalue weighted by Crippen LogP contribution is 2.35. The molecule has 1 heterocycles. The van der Waals surface area contributed by atoms with Crippen LogP contribution < -0.4 is 0 Å². The molecule has 4 heteroatoms. The van der Waals surface area contributed by atoms with Crippen molar-refractivity contribution in [2.75, 3.05) is 13.2 Å². The molecular weight excluding hydrogens is 220 g/mol. The molecule has 1 aliphatic rings. The summed E-state index contributed by atoms with van der Waals surface area (Å²) in [6, 6.07) is 0. The minimum Gasteiger partial charge on any atom is -0.459 e. The molecule has 0 spiro atoms. The predicted octanol–water partition coefficient (Wildman–Crippen LogP) is 2.28. The van der Waals surface area contributed by atoms with Crippen molar-refractivity contribution in [2.45, 2.75) is 45.5 Å². The zero-order valence-electron chi connectivity index (χ0n) is 11.1. The summed E-state index contributed by atoms with van der Waals surface area (Å²) in [5, 5.41) is 0. The Kier molecular flexibility index (Phi) is 4.33. The van der Waals surface area contributed by atoms with Gasteiger partial charge in [0.25, 0.3) is 0 Å². The second-order valence-corrected chi connectivity index (χ2v) is 5.38. The quantitative estimate of drug-likeness (QED) is 0.548. The molecule has 2 atom stereocenters. The lowest BCUT2D eigenvalue weighted by molar-refractivity contribution is -0.191. The summed E-state index contributed by atoms with van der Waals surface area (Å²) in [5.41, 5.74) is -0.567. The van der Waals surface area contributed by atoms with Crippen molar-refractivity contribution in [2.24, 2.45) is 5.92 Å². The van der Waals surface area contributed by atoms with Gasteiger partial charge in [-0.1, -0.05) is 20.4 Å². The van der Waals surface area contributed by atoms with Gasteiger partial charge in [0.2, 0.25) is 0 Å². The fraction of sp³-hybridized carbons (Fsp3) is 0.769. The molecule has 0 aromatic rings. The van der Waals surface area contributed by atoms with E-state index >= 15 is 0 Å². The predicted molar refractivity (Wildman–Crippen MR) is 64.5 cm³/mol. The van der Waals surface area contributed by atoms with Crippen molar-refractivity contribution >= 4 is 5.97 Å². The maximum atomic E-state index is 11.0. The van der Waals surface area contributed by atoms with E-state index in [1.807, 2.05) is 13.8 Å². The van der Waals surface area contributed by atoms with E-state index in [4.69, 9.17) is 14.2 Å². The first kappa shape index (κ1) is 14.2. The first-order valence-corrected chi connectivity index (χ1v) is 5.92. The van der Waals surface area contributed by atoms with Gasteiger partial charge in [0.1, 0.15) is 12.2 Å². The molecule has 1 saturated heterocycles. The Hall–Kier alpha value is -0.870. The van der Waals surface area contributed by atoms with Crippen LogP contribution in [0.3, 0.4) is 0 Å². The van der Waals surface area contributed by atoms with Crippen LogP contribution in [0.15, 0.2) is 12.7 Å². The number of hydrogen-bond acceptors (Lipinski definition) is 4. The van der Waals surface area contributed by atoms with Gasteiger partial charge < -0.3 is 14.2 Å². The number of carbonyl (C=O) groups is 1. The Morgan fingerprint density at radius 3 is 2.71 bits per heavy atom. The van der Waals surface area contributed by atoms with Gasteiger partial charge in [-0.15, -0.1) is 0 Å². The van der Waals surface area contributed by atoms with Crippen LogP contribution in [0.25, 0.3) is 0 Å². The second-order valence-electron chi connectivity index (χ2n) is 5.38. The summed E-state index contributed by atoms with van der Waals surface area (Å²) in [6.45, 7) is 12.0. The monoisotopic (exact) mass is 242 g/mol. The lowest BCUT2D eigenvalue weighted by Gasteiger charge is -2.28. The Morgan fingerprint density at radius 1 is 1.53 bits per heavy atom.